The zero-order valence-corrected chi connectivity index (χ0v) is 22.9. The topological polar surface area (TPSA) is 67.9 Å². The standard InChI is InChI=1S/C28H25ClN2O4S2/c1-4-34-24-14-19(15-25-27(33)31(28(36)37-25)21-9-7-20(29)8-10-21)6-12-23(24)35-16-26(32)30-22-11-5-17(2)13-18(22)3/h5-15H,4,16H2,1-3H3,(H,30,32)/b25-15-. The fraction of sp³-hybridized carbons (Fsp3) is 0.179. The Labute approximate surface area is 230 Å². The van der Waals surface area contributed by atoms with E-state index in [1.807, 2.05) is 39.0 Å². The first-order valence-electron chi connectivity index (χ1n) is 11.6. The highest BCUT2D eigenvalue weighted by molar-refractivity contribution is 8.27. The van der Waals surface area contributed by atoms with Crippen molar-refractivity contribution < 1.29 is 19.1 Å². The van der Waals surface area contributed by atoms with Gasteiger partial charge in [0.1, 0.15) is 0 Å². The van der Waals surface area contributed by atoms with Crippen molar-refractivity contribution in [3.05, 3.63) is 87.3 Å². The molecule has 1 fully saturated rings. The Morgan fingerprint density at radius 3 is 2.51 bits per heavy atom. The van der Waals surface area contributed by atoms with Gasteiger partial charge in [-0.15, -0.1) is 0 Å². The lowest BCUT2D eigenvalue weighted by molar-refractivity contribution is -0.118. The first-order chi connectivity index (χ1) is 17.7. The van der Waals surface area contributed by atoms with Gasteiger partial charge in [0.05, 0.1) is 17.2 Å². The lowest BCUT2D eigenvalue weighted by Gasteiger charge is -2.14. The molecule has 4 rings (SSSR count). The Morgan fingerprint density at radius 1 is 1.05 bits per heavy atom. The number of thioether (sulfide) groups is 1. The highest BCUT2D eigenvalue weighted by Crippen LogP contribution is 2.37. The minimum absolute atomic E-state index is 0.174. The molecule has 6 nitrogen and oxygen atoms in total. The van der Waals surface area contributed by atoms with Gasteiger partial charge in [0.2, 0.25) is 0 Å². The van der Waals surface area contributed by atoms with E-state index in [1.54, 1.807) is 48.5 Å². The molecule has 0 saturated carbocycles. The molecule has 0 unspecified atom stereocenters. The Hall–Kier alpha value is -3.33. The Balaban J connectivity index is 1.47. The summed E-state index contributed by atoms with van der Waals surface area (Å²) < 4.78 is 12.0. The largest absolute Gasteiger partial charge is 0.490 e. The molecular formula is C28H25ClN2O4S2. The fourth-order valence-electron chi connectivity index (χ4n) is 3.72. The number of hydrogen-bond donors (Lipinski definition) is 1. The van der Waals surface area contributed by atoms with Crippen molar-refractivity contribution in [2.75, 3.05) is 23.4 Å². The molecule has 190 valence electrons. The molecule has 1 saturated heterocycles. The number of carbonyl (C=O) groups is 2. The van der Waals surface area contributed by atoms with E-state index in [9.17, 15) is 9.59 Å². The van der Waals surface area contributed by atoms with Crippen molar-refractivity contribution in [1.29, 1.82) is 0 Å². The number of benzene rings is 3. The second-order valence-electron chi connectivity index (χ2n) is 8.29. The number of anilines is 2. The number of amides is 2. The summed E-state index contributed by atoms with van der Waals surface area (Å²) in [5, 5.41) is 3.45. The van der Waals surface area contributed by atoms with E-state index in [0.717, 1.165) is 22.4 Å². The van der Waals surface area contributed by atoms with Crippen molar-refractivity contribution >= 4 is 69.2 Å². The maximum atomic E-state index is 13.1. The van der Waals surface area contributed by atoms with Gasteiger partial charge < -0.3 is 14.8 Å². The average Bonchev–Trinajstić information content (AvgIpc) is 3.13. The van der Waals surface area contributed by atoms with Crippen LogP contribution in [0.15, 0.2) is 65.6 Å². The highest BCUT2D eigenvalue weighted by Gasteiger charge is 2.33. The van der Waals surface area contributed by atoms with Crippen LogP contribution in [-0.4, -0.2) is 29.3 Å². The molecule has 1 aliphatic rings. The Kier molecular flexibility index (Phi) is 8.53. The molecule has 1 heterocycles. The van der Waals surface area contributed by atoms with Crippen LogP contribution in [0.2, 0.25) is 5.02 Å². The van der Waals surface area contributed by atoms with Crippen LogP contribution in [0.25, 0.3) is 6.08 Å². The van der Waals surface area contributed by atoms with Crippen molar-refractivity contribution in [3.8, 4) is 11.5 Å². The molecule has 1 N–H and O–H groups in total. The third-order valence-corrected chi connectivity index (χ3v) is 7.01. The molecule has 37 heavy (non-hydrogen) atoms. The lowest BCUT2D eigenvalue weighted by atomic mass is 10.1. The molecule has 3 aromatic rings. The Bertz CT molecular complexity index is 1390. The van der Waals surface area contributed by atoms with Gasteiger partial charge in [-0.05, 0) is 80.4 Å². The van der Waals surface area contributed by atoms with Gasteiger partial charge in [0.15, 0.2) is 22.4 Å². The maximum absolute atomic E-state index is 13.1. The van der Waals surface area contributed by atoms with Crippen molar-refractivity contribution in [2.45, 2.75) is 20.8 Å². The summed E-state index contributed by atoms with van der Waals surface area (Å²) in [6.07, 6.45) is 1.76. The van der Waals surface area contributed by atoms with Crippen LogP contribution in [0.5, 0.6) is 11.5 Å². The summed E-state index contributed by atoms with van der Waals surface area (Å²) >= 11 is 12.6. The maximum Gasteiger partial charge on any atom is 0.270 e. The second-order valence-corrected chi connectivity index (χ2v) is 10.4. The van der Waals surface area contributed by atoms with E-state index in [4.69, 9.17) is 33.3 Å². The molecule has 2 amide bonds. The van der Waals surface area contributed by atoms with Gasteiger partial charge in [-0.2, -0.15) is 0 Å². The predicted octanol–water partition coefficient (Wildman–Crippen LogP) is 6.78. The summed E-state index contributed by atoms with van der Waals surface area (Å²) in [6, 6.07) is 18.1. The molecular weight excluding hydrogens is 528 g/mol. The zero-order valence-electron chi connectivity index (χ0n) is 20.5. The number of nitrogens with one attached hydrogen (secondary N) is 1. The summed E-state index contributed by atoms with van der Waals surface area (Å²) in [5.74, 6) is 0.426. The normalized spacial score (nSPS) is 14.3. The van der Waals surface area contributed by atoms with Gasteiger partial charge in [0.25, 0.3) is 11.8 Å². The Morgan fingerprint density at radius 2 is 1.81 bits per heavy atom. The van der Waals surface area contributed by atoms with Gasteiger partial charge in [-0.3, -0.25) is 14.5 Å². The molecule has 0 aromatic heterocycles. The van der Waals surface area contributed by atoms with E-state index in [-0.39, 0.29) is 18.4 Å². The number of ether oxygens (including phenoxy) is 2. The average molecular weight is 553 g/mol. The molecule has 0 bridgehead atoms. The van der Waals surface area contributed by atoms with Crippen LogP contribution < -0.4 is 19.7 Å². The van der Waals surface area contributed by atoms with Gasteiger partial charge in [0, 0.05) is 10.7 Å². The van der Waals surface area contributed by atoms with Crippen LogP contribution in [-0.2, 0) is 9.59 Å². The number of nitrogens with zero attached hydrogens (tertiary/aromatic N) is 1. The van der Waals surface area contributed by atoms with Crippen molar-refractivity contribution in [2.24, 2.45) is 0 Å². The molecule has 0 atom stereocenters. The van der Waals surface area contributed by atoms with E-state index in [1.165, 1.54) is 16.7 Å². The van der Waals surface area contributed by atoms with E-state index < -0.39 is 0 Å². The van der Waals surface area contributed by atoms with E-state index >= 15 is 0 Å². The monoisotopic (exact) mass is 552 g/mol. The molecule has 9 heteroatoms. The first kappa shape index (κ1) is 26.7. The van der Waals surface area contributed by atoms with Crippen LogP contribution in [0.1, 0.15) is 23.6 Å². The molecule has 0 aliphatic carbocycles. The summed E-state index contributed by atoms with van der Waals surface area (Å²) in [6.45, 7) is 6.04. The van der Waals surface area contributed by atoms with Crippen LogP contribution in [0.4, 0.5) is 11.4 Å². The SMILES string of the molecule is CCOc1cc(/C=C2\SC(=S)N(c3ccc(Cl)cc3)C2=O)ccc1OCC(=O)Nc1ccc(C)cc1C. The molecule has 0 spiro atoms. The smallest absolute Gasteiger partial charge is 0.270 e. The van der Waals surface area contributed by atoms with Crippen molar-refractivity contribution in [3.63, 3.8) is 0 Å². The first-order valence-corrected chi connectivity index (χ1v) is 13.2. The fourth-order valence-corrected chi connectivity index (χ4v) is 5.14. The number of aryl methyl sites for hydroxylation is 2. The van der Waals surface area contributed by atoms with Gasteiger partial charge in [-0.1, -0.05) is 59.3 Å². The quantitative estimate of drug-likeness (QED) is 0.245. The van der Waals surface area contributed by atoms with Gasteiger partial charge in [-0.25, -0.2) is 0 Å². The van der Waals surface area contributed by atoms with Crippen LogP contribution in [0, 0.1) is 13.8 Å². The molecule has 0 radical (unpaired) electrons. The van der Waals surface area contributed by atoms with E-state index in [2.05, 4.69) is 5.32 Å². The summed E-state index contributed by atoms with van der Waals surface area (Å²) in [5.41, 5.74) is 4.25. The third-order valence-electron chi connectivity index (χ3n) is 5.46. The van der Waals surface area contributed by atoms with Crippen molar-refractivity contribution in [1.82, 2.24) is 0 Å². The summed E-state index contributed by atoms with van der Waals surface area (Å²) in [4.78, 5) is 27.5. The predicted molar refractivity (Wildman–Crippen MR) is 155 cm³/mol. The third kappa shape index (κ3) is 6.52. The summed E-state index contributed by atoms with van der Waals surface area (Å²) in [7, 11) is 0. The van der Waals surface area contributed by atoms with Crippen LogP contribution >= 0.6 is 35.6 Å². The number of hydrogen-bond acceptors (Lipinski definition) is 6. The zero-order chi connectivity index (χ0) is 26.5. The highest BCUT2D eigenvalue weighted by atomic mass is 35.5. The second kappa shape index (κ2) is 11.8. The minimum Gasteiger partial charge on any atom is -0.490 e. The minimum atomic E-state index is -0.274. The van der Waals surface area contributed by atoms with Crippen LogP contribution in [0.3, 0.4) is 0 Å². The molecule has 1 aliphatic heterocycles. The number of carbonyl (C=O) groups excluding carboxylic acids is 2. The number of halogens is 1. The number of rotatable bonds is 8. The van der Waals surface area contributed by atoms with E-state index in [0.29, 0.717) is 38.0 Å². The van der Waals surface area contributed by atoms with Gasteiger partial charge >= 0.3 is 0 Å². The molecule has 3 aromatic carbocycles. The number of thiocarbonyl (C=S) groups is 1. The lowest BCUT2D eigenvalue weighted by Crippen LogP contribution is -2.27.